The molecule has 4 heteroatoms. The fraction of sp³-hybridized carbons (Fsp3) is 0.200. The number of nitrogen functional groups attached to an aromatic ring is 1. The average molecular weight is 455 g/mol. The van der Waals surface area contributed by atoms with Gasteiger partial charge in [0, 0.05) is 23.5 Å². The number of hydrogen-bond donors (Lipinski definition) is 2. The monoisotopic (exact) mass is 454 g/mol. The van der Waals surface area contributed by atoms with E-state index in [0.29, 0.717) is 17.9 Å². The summed E-state index contributed by atoms with van der Waals surface area (Å²) in [6, 6.07) is 24.2. The molecule has 0 aliphatic carbocycles. The van der Waals surface area contributed by atoms with Crippen molar-refractivity contribution < 1.29 is 9.53 Å². The molecule has 0 unspecified atom stereocenters. The van der Waals surface area contributed by atoms with Crippen LogP contribution in [0.5, 0.6) is 0 Å². The van der Waals surface area contributed by atoms with Crippen LogP contribution < -0.4 is 5.73 Å². The number of carbonyl (C=O) groups excluding carboxylic acids is 1. The summed E-state index contributed by atoms with van der Waals surface area (Å²) in [6.45, 7) is 8.29. The van der Waals surface area contributed by atoms with E-state index in [2.05, 4.69) is 31.2 Å². The third-order valence-corrected chi connectivity index (χ3v) is 5.21. The maximum absolute atomic E-state index is 11.6. The van der Waals surface area contributed by atoms with Crippen molar-refractivity contribution in [1.29, 1.82) is 5.41 Å². The Morgan fingerprint density at radius 1 is 0.912 bits per heavy atom. The molecule has 0 amide bonds. The molecule has 4 nitrogen and oxygen atoms in total. The van der Waals surface area contributed by atoms with Crippen molar-refractivity contribution in [3.63, 3.8) is 0 Å². The largest absolute Gasteiger partial charge is 0.463 e. The third-order valence-electron chi connectivity index (χ3n) is 5.21. The van der Waals surface area contributed by atoms with E-state index in [9.17, 15) is 4.79 Å². The van der Waals surface area contributed by atoms with E-state index >= 15 is 0 Å². The van der Waals surface area contributed by atoms with Gasteiger partial charge in [-0.2, -0.15) is 0 Å². The molecular formula is C30H34N2O2. The third kappa shape index (κ3) is 6.79. The maximum atomic E-state index is 11.6. The number of allylic oxidation sites excluding steroid dienone is 1. The molecule has 3 aromatic carbocycles. The zero-order valence-electron chi connectivity index (χ0n) is 20.5. The second kappa shape index (κ2) is 13.6. The summed E-state index contributed by atoms with van der Waals surface area (Å²) in [4.78, 5) is 11.6. The van der Waals surface area contributed by atoms with Crippen LogP contribution in [0.1, 0.15) is 61.9 Å². The molecular weight excluding hydrogens is 420 g/mol. The molecule has 34 heavy (non-hydrogen) atoms. The van der Waals surface area contributed by atoms with Gasteiger partial charge in [-0.1, -0.05) is 81.4 Å². The Hall–Kier alpha value is -3.92. The minimum absolute atomic E-state index is 0.351. The van der Waals surface area contributed by atoms with Gasteiger partial charge in [-0.15, -0.1) is 0 Å². The van der Waals surface area contributed by atoms with Crippen molar-refractivity contribution in [3.8, 4) is 0 Å². The zero-order chi connectivity index (χ0) is 24.9. The van der Waals surface area contributed by atoms with Crippen LogP contribution >= 0.6 is 0 Å². The lowest BCUT2D eigenvalue weighted by molar-refractivity contribution is -0.137. The number of rotatable bonds is 8. The fourth-order valence-corrected chi connectivity index (χ4v) is 3.65. The number of hydrogen-bond acceptors (Lipinski definition) is 4. The van der Waals surface area contributed by atoms with Gasteiger partial charge in [-0.3, -0.25) is 0 Å². The predicted molar refractivity (Wildman–Crippen MR) is 145 cm³/mol. The first kappa shape index (κ1) is 26.3. The van der Waals surface area contributed by atoms with Gasteiger partial charge in [-0.05, 0) is 65.0 Å². The van der Waals surface area contributed by atoms with Crippen molar-refractivity contribution in [1.82, 2.24) is 0 Å². The lowest BCUT2D eigenvalue weighted by Crippen LogP contribution is -1.99. The van der Waals surface area contributed by atoms with Gasteiger partial charge in [0.1, 0.15) is 0 Å². The summed E-state index contributed by atoms with van der Waals surface area (Å²) in [5.74, 6) is -0.351. The quantitative estimate of drug-likeness (QED) is 0.124. The molecule has 0 heterocycles. The highest BCUT2D eigenvalue weighted by atomic mass is 16.5. The summed E-state index contributed by atoms with van der Waals surface area (Å²) in [5, 5.41) is 7.72. The van der Waals surface area contributed by atoms with E-state index in [1.54, 1.807) is 13.0 Å². The van der Waals surface area contributed by atoms with Crippen molar-refractivity contribution in [3.05, 3.63) is 107 Å². The predicted octanol–water partition coefficient (Wildman–Crippen LogP) is 7.24. The van der Waals surface area contributed by atoms with Crippen LogP contribution in [-0.4, -0.2) is 18.8 Å². The van der Waals surface area contributed by atoms with E-state index in [1.807, 2.05) is 62.4 Å². The Balaban J connectivity index is 0.00000199. The summed E-state index contributed by atoms with van der Waals surface area (Å²) in [7, 11) is 0. The Kier molecular flexibility index (Phi) is 10.5. The standard InChI is InChI=1S/C28H28N2O2.C2H6/c1-3-25(21-8-6-5-7-9-21)28(23-15-16-26(30)24(18-23)19-29)22-13-10-20(11-14-22)12-17-27(31)32-4-2;1-2/h5-19,29H,3-4,30H2,1-2H3;1-2H3/b17-12+,28-25+,29-19?;. The van der Waals surface area contributed by atoms with Crippen LogP contribution in [0.3, 0.4) is 0 Å². The second-order valence-electron chi connectivity index (χ2n) is 7.27. The molecule has 0 atom stereocenters. The highest BCUT2D eigenvalue weighted by Gasteiger charge is 2.14. The highest BCUT2D eigenvalue weighted by molar-refractivity contribution is 6.00. The molecule has 0 aromatic heterocycles. The van der Waals surface area contributed by atoms with Crippen LogP contribution in [-0.2, 0) is 9.53 Å². The average Bonchev–Trinajstić information content (AvgIpc) is 2.89. The van der Waals surface area contributed by atoms with Gasteiger partial charge in [0.2, 0.25) is 0 Å². The number of esters is 1. The van der Waals surface area contributed by atoms with Crippen LogP contribution in [0.25, 0.3) is 17.2 Å². The minimum atomic E-state index is -0.351. The Morgan fingerprint density at radius 2 is 1.56 bits per heavy atom. The Bertz CT molecular complexity index is 1140. The van der Waals surface area contributed by atoms with E-state index in [0.717, 1.165) is 34.2 Å². The maximum Gasteiger partial charge on any atom is 0.330 e. The van der Waals surface area contributed by atoms with E-state index < -0.39 is 0 Å². The first-order chi connectivity index (χ1) is 16.6. The summed E-state index contributed by atoms with van der Waals surface area (Å²) < 4.78 is 4.95. The van der Waals surface area contributed by atoms with Crippen molar-refractivity contribution in [2.45, 2.75) is 34.1 Å². The number of nitrogens with two attached hydrogens (primary N) is 1. The molecule has 0 aliphatic rings. The molecule has 0 radical (unpaired) electrons. The smallest absolute Gasteiger partial charge is 0.330 e. The van der Waals surface area contributed by atoms with Gasteiger partial charge >= 0.3 is 5.97 Å². The topological polar surface area (TPSA) is 76.2 Å². The van der Waals surface area contributed by atoms with Gasteiger partial charge < -0.3 is 15.9 Å². The summed E-state index contributed by atoms with van der Waals surface area (Å²) in [6.07, 6.45) is 5.31. The van der Waals surface area contributed by atoms with Crippen molar-refractivity contribution in [2.75, 3.05) is 12.3 Å². The number of carbonyl (C=O) groups is 1. The van der Waals surface area contributed by atoms with Gasteiger partial charge in [0.25, 0.3) is 0 Å². The molecule has 3 N–H and O–H groups in total. The lowest BCUT2D eigenvalue weighted by Gasteiger charge is -2.17. The summed E-state index contributed by atoms with van der Waals surface area (Å²) in [5.41, 5.74) is 13.8. The van der Waals surface area contributed by atoms with Crippen molar-refractivity contribution in [2.24, 2.45) is 0 Å². The second-order valence-corrected chi connectivity index (χ2v) is 7.27. The number of ether oxygens (including phenoxy) is 1. The van der Waals surface area contributed by atoms with Crippen LogP contribution in [0, 0.1) is 5.41 Å². The highest BCUT2D eigenvalue weighted by Crippen LogP contribution is 2.35. The molecule has 0 fully saturated rings. The minimum Gasteiger partial charge on any atom is -0.463 e. The SMILES string of the molecule is CC.CCOC(=O)/C=C/c1ccc(/C(=C(/CC)c2ccccc2)c2ccc(N)c(C=N)c2)cc1. The Morgan fingerprint density at radius 3 is 2.15 bits per heavy atom. The van der Waals surface area contributed by atoms with E-state index in [4.69, 9.17) is 15.9 Å². The van der Waals surface area contributed by atoms with Crippen LogP contribution in [0.2, 0.25) is 0 Å². The number of anilines is 1. The fourth-order valence-electron chi connectivity index (χ4n) is 3.65. The molecule has 3 aromatic rings. The van der Waals surface area contributed by atoms with Gasteiger partial charge in [0.15, 0.2) is 0 Å². The van der Waals surface area contributed by atoms with Crippen molar-refractivity contribution >= 4 is 35.1 Å². The number of nitrogens with one attached hydrogen (secondary N) is 1. The first-order valence-electron chi connectivity index (χ1n) is 11.7. The first-order valence-corrected chi connectivity index (χ1v) is 11.7. The molecule has 176 valence electrons. The van der Waals surface area contributed by atoms with Gasteiger partial charge in [-0.25, -0.2) is 4.79 Å². The molecule has 0 bridgehead atoms. The molecule has 3 rings (SSSR count). The van der Waals surface area contributed by atoms with E-state index in [1.165, 1.54) is 17.9 Å². The van der Waals surface area contributed by atoms with Gasteiger partial charge in [0.05, 0.1) is 6.61 Å². The normalized spacial score (nSPS) is 11.3. The Labute approximate surface area is 203 Å². The molecule has 0 aliphatic heterocycles. The molecule has 0 spiro atoms. The molecule has 0 saturated carbocycles. The lowest BCUT2D eigenvalue weighted by atomic mass is 9.87. The molecule has 0 saturated heterocycles. The summed E-state index contributed by atoms with van der Waals surface area (Å²) >= 11 is 0. The zero-order valence-corrected chi connectivity index (χ0v) is 20.5. The van der Waals surface area contributed by atoms with Crippen LogP contribution in [0.15, 0.2) is 78.9 Å². The van der Waals surface area contributed by atoms with E-state index in [-0.39, 0.29) is 5.97 Å². The number of benzene rings is 3. The van der Waals surface area contributed by atoms with Crippen LogP contribution in [0.4, 0.5) is 5.69 Å².